The molecule has 0 saturated carbocycles. The minimum Gasteiger partial charge on any atom is -0.489 e. The molecule has 3 N–H and O–H groups in total. The average molecular weight is 362 g/mol. The highest BCUT2D eigenvalue weighted by Gasteiger charge is 2.08. The third-order valence-electron chi connectivity index (χ3n) is 3.38. The number of amides is 1. The highest BCUT2D eigenvalue weighted by molar-refractivity contribution is 5.91. The van der Waals surface area contributed by atoms with Crippen molar-refractivity contribution in [2.45, 2.75) is 13.0 Å². The van der Waals surface area contributed by atoms with Crippen LogP contribution in [-0.4, -0.2) is 44.7 Å². The molecule has 1 unspecified atom stereocenters. The van der Waals surface area contributed by atoms with E-state index in [0.717, 1.165) is 0 Å². The van der Waals surface area contributed by atoms with Crippen LogP contribution in [0.4, 0.5) is 4.39 Å². The smallest absolute Gasteiger partial charge is 0.287 e. The van der Waals surface area contributed by atoms with Gasteiger partial charge in [0.2, 0.25) is 0 Å². The summed E-state index contributed by atoms with van der Waals surface area (Å²) < 4.78 is 23.6. The van der Waals surface area contributed by atoms with Gasteiger partial charge in [0.1, 0.15) is 17.7 Å². The van der Waals surface area contributed by atoms with Crippen molar-refractivity contribution in [2.75, 3.05) is 26.7 Å². The molecule has 1 heterocycles. The van der Waals surface area contributed by atoms with Crippen molar-refractivity contribution in [1.29, 1.82) is 0 Å². The van der Waals surface area contributed by atoms with Gasteiger partial charge in [0.25, 0.3) is 5.91 Å². The molecule has 1 atom stereocenters. The maximum Gasteiger partial charge on any atom is 0.287 e. The lowest BCUT2D eigenvalue weighted by Crippen LogP contribution is -2.44. The summed E-state index contributed by atoms with van der Waals surface area (Å²) in [4.78, 5) is 15.8. The molecule has 140 valence electrons. The summed E-state index contributed by atoms with van der Waals surface area (Å²) in [6.45, 7) is 3.32. The Kier molecular flexibility index (Phi) is 7.48. The lowest BCUT2D eigenvalue weighted by molar-refractivity contribution is 0.0926. The Morgan fingerprint density at radius 3 is 2.58 bits per heavy atom. The summed E-state index contributed by atoms with van der Waals surface area (Å²) in [7, 11) is 1.66. The SMILES string of the molecule is CN=C(NCCNC(=O)c1ccco1)NCC(C)Oc1ccc(F)cc1. The van der Waals surface area contributed by atoms with E-state index in [9.17, 15) is 9.18 Å². The molecule has 8 heteroatoms. The van der Waals surface area contributed by atoms with E-state index in [4.69, 9.17) is 9.15 Å². The summed E-state index contributed by atoms with van der Waals surface area (Å²) in [6.07, 6.45) is 1.31. The topological polar surface area (TPSA) is 87.9 Å². The third kappa shape index (κ3) is 6.46. The maximum atomic E-state index is 12.9. The molecule has 0 radical (unpaired) electrons. The molecule has 0 fully saturated rings. The van der Waals surface area contributed by atoms with Gasteiger partial charge in [0.05, 0.1) is 12.8 Å². The van der Waals surface area contributed by atoms with Crippen molar-refractivity contribution in [3.63, 3.8) is 0 Å². The van der Waals surface area contributed by atoms with Gasteiger partial charge in [0, 0.05) is 20.1 Å². The zero-order valence-corrected chi connectivity index (χ0v) is 14.8. The minimum absolute atomic E-state index is 0.141. The largest absolute Gasteiger partial charge is 0.489 e. The van der Waals surface area contributed by atoms with Crippen LogP contribution in [0.5, 0.6) is 5.75 Å². The second kappa shape index (κ2) is 10.1. The third-order valence-corrected chi connectivity index (χ3v) is 3.38. The zero-order chi connectivity index (χ0) is 18.8. The normalized spacial score (nSPS) is 12.3. The van der Waals surface area contributed by atoms with Crippen LogP contribution < -0.4 is 20.7 Å². The molecule has 7 nitrogen and oxygen atoms in total. The van der Waals surface area contributed by atoms with Crippen molar-refractivity contribution in [3.8, 4) is 5.75 Å². The Balaban J connectivity index is 1.64. The fraction of sp³-hybridized carbons (Fsp3) is 0.333. The number of halogens is 1. The Bertz CT molecular complexity index is 702. The highest BCUT2D eigenvalue weighted by atomic mass is 19.1. The average Bonchev–Trinajstić information content (AvgIpc) is 3.17. The molecule has 0 bridgehead atoms. The predicted molar refractivity (Wildman–Crippen MR) is 96.9 cm³/mol. The second-order valence-electron chi connectivity index (χ2n) is 5.50. The number of benzene rings is 1. The Hall–Kier alpha value is -3.03. The van der Waals surface area contributed by atoms with Crippen molar-refractivity contribution in [1.82, 2.24) is 16.0 Å². The van der Waals surface area contributed by atoms with E-state index >= 15 is 0 Å². The molecule has 0 aliphatic carbocycles. The van der Waals surface area contributed by atoms with Crippen molar-refractivity contribution < 1.29 is 18.3 Å². The van der Waals surface area contributed by atoms with Gasteiger partial charge in [-0.3, -0.25) is 9.79 Å². The number of aliphatic imine (C=N–C) groups is 1. The number of nitrogens with one attached hydrogen (secondary N) is 3. The molecule has 2 rings (SSSR count). The Labute approximate surface area is 151 Å². The number of guanidine groups is 1. The van der Waals surface area contributed by atoms with Gasteiger partial charge in [-0.2, -0.15) is 0 Å². The van der Waals surface area contributed by atoms with Crippen LogP contribution in [0.1, 0.15) is 17.5 Å². The van der Waals surface area contributed by atoms with Crippen molar-refractivity contribution >= 4 is 11.9 Å². The van der Waals surface area contributed by atoms with E-state index in [1.165, 1.54) is 18.4 Å². The van der Waals surface area contributed by atoms with Gasteiger partial charge in [-0.05, 0) is 43.3 Å². The molecular weight excluding hydrogens is 339 g/mol. The monoisotopic (exact) mass is 362 g/mol. The molecule has 0 saturated heterocycles. The summed E-state index contributed by atoms with van der Waals surface area (Å²) >= 11 is 0. The van der Waals surface area contributed by atoms with Gasteiger partial charge in [0.15, 0.2) is 11.7 Å². The predicted octanol–water partition coefficient (Wildman–Crippen LogP) is 1.78. The van der Waals surface area contributed by atoms with Crippen LogP contribution in [0.25, 0.3) is 0 Å². The quantitative estimate of drug-likeness (QED) is 0.379. The fourth-order valence-electron chi connectivity index (χ4n) is 2.10. The van der Waals surface area contributed by atoms with E-state index in [1.54, 1.807) is 31.3 Å². The number of hydrogen-bond donors (Lipinski definition) is 3. The van der Waals surface area contributed by atoms with E-state index in [2.05, 4.69) is 20.9 Å². The van der Waals surface area contributed by atoms with Gasteiger partial charge in [-0.1, -0.05) is 0 Å². The number of furan rings is 1. The number of carbonyl (C=O) groups is 1. The minimum atomic E-state index is -0.299. The number of ether oxygens (including phenoxy) is 1. The molecule has 2 aromatic rings. The summed E-state index contributed by atoms with van der Waals surface area (Å²) in [5, 5.41) is 8.94. The molecule has 0 spiro atoms. The van der Waals surface area contributed by atoms with Crippen LogP contribution in [0.15, 0.2) is 52.1 Å². The van der Waals surface area contributed by atoms with Crippen molar-refractivity contribution in [2.24, 2.45) is 4.99 Å². The highest BCUT2D eigenvalue weighted by Crippen LogP contribution is 2.12. The van der Waals surface area contributed by atoms with Crippen LogP contribution in [0, 0.1) is 5.82 Å². The fourth-order valence-corrected chi connectivity index (χ4v) is 2.10. The van der Waals surface area contributed by atoms with E-state index in [0.29, 0.717) is 31.3 Å². The van der Waals surface area contributed by atoms with Crippen LogP contribution in [-0.2, 0) is 0 Å². The summed E-state index contributed by atoms with van der Waals surface area (Å²) in [5.74, 6) is 0.906. The first-order chi connectivity index (χ1) is 12.6. The Morgan fingerprint density at radius 2 is 1.92 bits per heavy atom. The van der Waals surface area contributed by atoms with E-state index in [-0.39, 0.29) is 23.6 Å². The molecule has 1 amide bonds. The molecule has 0 aliphatic heterocycles. The van der Waals surface area contributed by atoms with E-state index < -0.39 is 0 Å². The van der Waals surface area contributed by atoms with Crippen LogP contribution in [0.3, 0.4) is 0 Å². The molecular formula is C18H23FN4O3. The maximum absolute atomic E-state index is 12.9. The first-order valence-electron chi connectivity index (χ1n) is 8.27. The van der Waals surface area contributed by atoms with Crippen LogP contribution in [0.2, 0.25) is 0 Å². The second-order valence-corrected chi connectivity index (χ2v) is 5.50. The summed E-state index contributed by atoms with van der Waals surface area (Å²) in [5.41, 5.74) is 0. The standard InChI is InChI=1S/C18H23FN4O3/c1-13(26-15-7-5-14(19)6-8-15)12-23-18(20-2)22-10-9-21-17(24)16-4-3-11-25-16/h3-8,11,13H,9-10,12H2,1-2H3,(H,21,24)(H2,20,22,23). The first-order valence-corrected chi connectivity index (χ1v) is 8.27. The Morgan fingerprint density at radius 1 is 1.19 bits per heavy atom. The molecule has 26 heavy (non-hydrogen) atoms. The number of hydrogen-bond acceptors (Lipinski definition) is 4. The van der Waals surface area contributed by atoms with Crippen molar-refractivity contribution in [3.05, 3.63) is 54.2 Å². The lowest BCUT2D eigenvalue weighted by Gasteiger charge is -2.17. The molecule has 0 aliphatic rings. The van der Waals surface area contributed by atoms with Gasteiger partial charge in [-0.25, -0.2) is 4.39 Å². The number of rotatable bonds is 8. The number of nitrogens with zero attached hydrogens (tertiary/aromatic N) is 1. The number of carbonyl (C=O) groups excluding carboxylic acids is 1. The van der Waals surface area contributed by atoms with Gasteiger partial charge < -0.3 is 25.1 Å². The van der Waals surface area contributed by atoms with Crippen LogP contribution >= 0.6 is 0 Å². The van der Waals surface area contributed by atoms with Gasteiger partial charge >= 0.3 is 0 Å². The summed E-state index contributed by atoms with van der Waals surface area (Å²) in [6, 6.07) is 9.14. The lowest BCUT2D eigenvalue weighted by atomic mass is 10.3. The van der Waals surface area contributed by atoms with E-state index in [1.807, 2.05) is 6.92 Å². The van der Waals surface area contributed by atoms with Gasteiger partial charge in [-0.15, -0.1) is 0 Å². The zero-order valence-electron chi connectivity index (χ0n) is 14.8. The first kappa shape index (κ1) is 19.3. The molecule has 1 aromatic heterocycles. The molecule has 1 aromatic carbocycles.